The van der Waals surface area contributed by atoms with Crippen molar-refractivity contribution in [2.45, 2.75) is 32.0 Å². The highest BCUT2D eigenvalue weighted by atomic mass is 16.4. The highest BCUT2D eigenvalue weighted by molar-refractivity contribution is 5.86. The van der Waals surface area contributed by atoms with Crippen LogP contribution in [0.1, 0.15) is 13.8 Å². The molecular weight excluding hydrogens is 176 g/mol. The van der Waals surface area contributed by atoms with E-state index in [1.807, 2.05) is 0 Å². The Morgan fingerprint density at radius 1 is 1.38 bits per heavy atom. The molecule has 0 radical (unpaired) electrons. The molecule has 0 aliphatic rings. The number of aliphatic hydroxyl groups excluding tert-OH is 1. The fourth-order valence-electron chi connectivity index (χ4n) is 0.673. The lowest BCUT2D eigenvalue weighted by molar-refractivity contribution is -0.144. The van der Waals surface area contributed by atoms with Crippen LogP contribution in [0.5, 0.6) is 0 Å². The molecule has 1 amide bonds. The van der Waals surface area contributed by atoms with Gasteiger partial charge in [0.1, 0.15) is 0 Å². The summed E-state index contributed by atoms with van der Waals surface area (Å²) in [6.45, 7) is 2.70. The third-order valence-electron chi connectivity index (χ3n) is 1.46. The second kappa shape index (κ2) is 4.78. The number of nitrogens with two attached hydrogens (primary N) is 1. The second-order valence-corrected chi connectivity index (χ2v) is 2.85. The van der Waals surface area contributed by atoms with Crippen molar-refractivity contribution in [3.63, 3.8) is 0 Å². The predicted molar refractivity (Wildman–Crippen MR) is 44.9 cm³/mol. The zero-order valence-electron chi connectivity index (χ0n) is 7.52. The summed E-state index contributed by atoms with van der Waals surface area (Å²) in [7, 11) is 0. The van der Waals surface area contributed by atoms with Crippen LogP contribution in [0.4, 0.5) is 0 Å². The molecule has 0 rings (SSSR count). The van der Waals surface area contributed by atoms with Crippen molar-refractivity contribution >= 4 is 11.9 Å². The summed E-state index contributed by atoms with van der Waals surface area (Å²) in [6.07, 6.45) is -1.15. The van der Waals surface area contributed by atoms with E-state index < -0.39 is 30.1 Å². The van der Waals surface area contributed by atoms with Gasteiger partial charge in [-0.1, -0.05) is 0 Å². The number of carbonyl (C=O) groups is 2. The quantitative estimate of drug-likeness (QED) is 0.421. The zero-order chi connectivity index (χ0) is 10.6. The van der Waals surface area contributed by atoms with Crippen LogP contribution >= 0.6 is 0 Å². The van der Waals surface area contributed by atoms with E-state index in [4.69, 9.17) is 15.9 Å². The maximum absolute atomic E-state index is 11.0. The molecule has 0 unspecified atom stereocenters. The number of carbonyl (C=O) groups excluding carboxylic acids is 1. The van der Waals surface area contributed by atoms with Crippen molar-refractivity contribution in [3.8, 4) is 0 Å². The van der Waals surface area contributed by atoms with Gasteiger partial charge in [-0.05, 0) is 13.8 Å². The molecule has 0 saturated carbocycles. The first-order valence-electron chi connectivity index (χ1n) is 3.83. The summed E-state index contributed by atoms with van der Waals surface area (Å²) in [5.74, 6) is -1.89. The summed E-state index contributed by atoms with van der Waals surface area (Å²) < 4.78 is 0. The Morgan fingerprint density at radius 2 is 1.85 bits per heavy atom. The molecule has 0 fully saturated rings. The lowest BCUT2D eigenvalue weighted by Crippen LogP contribution is -2.51. The molecule has 0 aromatic heterocycles. The number of hydrogen-bond acceptors (Lipinski definition) is 4. The molecule has 0 spiro atoms. The van der Waals surface area contributed by atoms with Gasteiger partial charge in [0.25, 0.3) is 0 Å². The van der Waals surface area contributed by atoms with Crippen LogP contribution in [0.3, 0.4) is 0 Å². The van der Waals surface area contributed by atoms with Crippen molar-refractivity contribution in [1.82, 2.24) is 5.32 Å². The number of hydrogen-bond donors (Lipinski definition) is 4. The number of carboxylic acids is 1. The molecule has 0 aromatic rings. The number of nitrogens with one attached hydrogen (secondary N) is 1. The van der Waals surface area contributed by atoms with Gasteiger partial charge in [0, 0.05) is 0 Å². The summed E-state index contributed by atoms with van der Waals surface area (Å²) in [6, 6.07) is -2.10. The molecule has 0 saturated heterocycles. The SMILES string of the molecule is C[C@H](O)[C@H](NC(=O)[C@@H](C)N)C(=O)O. The molecule has 0 bridgehead atoms. The number of carboxylic acid groups (broad SMARTS) is 1. The molecular formula is C7H14N2O4. The Morgan fingerprint density at radius 3 is 2.08 bits per heavy atom. The highest BCUT2D eigenvalue weighted by Gasteiger charge is 2.25. The number of rotatable bonds is 4. The Labute approximate surface area is 75.7 Å². The van der Waals surface area contributed by atoms with E-state index in [0.717, 1.165) is 0 Å². The molecule has 0 aromatic carbocycles. The summed E-state index contributed by atoms with van der Waals surface area (Å²) >= 11 is 0. The second-order valence-electron chi connectivity index (χ2n) is 2.85. The van der Waals surface area contributed by atoms with Crippen LogP contribution < -0.4 is 11.1 Å². The third kappa shape index (κ3) is 3.86. The van der Waals surface area contributed by atoms with Crippen LogP contribution in [0.25, 0.3) is 0 Å². The average Bonchev–Trinajstić information content (AvgIpc) is 1.97. The fraction of sp³-hybridized carbons (Fsp3) is 0.714. The van der Waals surface area contributed by atoms with Gasteiger partial charge in [0.2, 0.25) is 5.91 Å². The van der Waals surface area contributed by atoms with E-state index in [9.17, 15) is 9.59 Å². The number of aliphatic hydroxyl groups is 1. The number of amides is 1. The first-order chi connectivity index (χ1) is 5.86. The third-order valence-corrected chi connectivity index (χ3v) is 1.46. The largest absolute Gasteiger partial charge is 0.480 e. The molecule has 0 heterocycles. The fourth-order valence-corrected chi connectivity index (χ4v) is 0.673. The molecule has 6 heteroatoms. The van der Waals surface area contributed by atoms with Crippen LogP contribution in [0, 0.1) is 0 Å². The molecule has 13 heavy (non-hydrogen) atoms. The smallest absolute Gasteiger partial charge is 0.328 e. The molecule has 0 aliphatic heterocycles. The molecule has 3 atom stereocenters. The van der Waals surface area contributed by atoms with Crippen LogP contribution in [-0.4, -0.2) is 40.3 Å². The van der Waals surface area contributed by atoms with Gasteiger partial charge in [-0.2, -0.15) is 0 Å². The van der Waals surface area contributed by atoms with E-state index >= 15 is 0 Å². The van der Waals surface area contributed by atoms with Gasteiger partial charge >= 0.3 is 5.97 Å². The monoisotopic (exact) mass is 190 g/mol. The minimum atomic E-state index is -1.31. The van der Waals surface area contributed by atoms with Crippen molar-refractivity contribution in [3.05, 3.63) is 0 Å². The maximum Gasteiger partial charge on any atom is 0.328 e. The first-order valence-corrected chi connectivity index (χ1v) is 3.83. The minimum absolute atomic E-state index is 0.603. The van der Waals surface area contributed by atoms with Gasteiger partial charge < -0.3 is 21.3 Å². The lowest BCUT2D eigenvalue weighted by Gasteiger charge is -2.17. The van der Waals surface area contributed by atoms with Gasteiger partial charge in [-0.15, -0.1) is 0 Å². The Hall–Kier alpha value is -1.14. The molecule has 6 nitrogen and oxygen atoms in total. The summed E-state index contributed by atoms with van der Waals surface area (Å²) in [4.78, 5) is 21.4. The van der Waals surface area contributed by atoms with Gasteiger partial charge in [-0.3, -0.25) is 4.79 Å². The van der Waals surface area contributed by atoms with E-state index in [-0.39, 0.29) is 0 Å². The van der Waals surface area contributed by atoms with Crippen LogP contribution in [0.15, 0.2) is 0 Å². The summed E-state index contributed by atoms with van der Waals surface area (Å²) in [5, 5.41) is 19.6. The van der Waals surface area contributed by atoms with Gasteiger partial charge in [0.05, 0.1) is 12.1 Å². The topological polar surface area (TPSA) is 113 Å². The van der Waals surface area contributed by atoms with Gasteiger partial charge in [-0.25, -0.2) is 4.79 Å². The van der Waals surface area contributed by atoms with Crippen molar-refractivity contribution in [2.24, 2.45) is 5.73 Å². The highest BCUT2D eigenvalue weighted by Crippen LogP contribution is 1.93. The van der Waals surface area contributed by atoms with E-state index in [1.54, 1.807) is 0 Å². The molecule has 5 N–H and O–H groups in total. The predicted octanol–water partition coefficient (Wildman–Crippen LogP) is -1.72. The van der Waals surface area contributed by atoms with E-state index in [1.165, 1.54) is 13.8 Å². The molecule has 76 valence electrons. The van der Waals surface area contributed by atoms with Gasteiger partial charge in [0.15, 0.2) is 6.04 Å². The van der Waals surface area contributed by atoms with Crippen molar-refractivity contribution in [1.29, 1.82) is 0 Å². The lowest BCUT2D eigenvalue weighted by atomic mass is 10.1. The zero-order valence-corrected chi connectivity index (χ0v) is 7.52. The van der Waals surface area contributed by atoms with Crippen LogP contribution in [-0.2, 0) is 9.59 Å². The maximum atomic E-state index is 11.0. The average molecular weight is 190 g/mol. The van der Waals surface area contributed by atoms with E-state index in [2.05, 4.69) is 5.32 Å². The normalized spacial score (nSPS) is 17.2. The first kappa shape index (κ1) is 11.9. The Kier molecular flexibility index (Phi) is 4.36. The van der Waals surface area contributed by atoms with E-state index in [0.29, 0.717) is 0 Å². The Bertz CT molecular complexity index is 203. The standard InChI is InChI=1S/C7H14N2O4/c1-3(8)6(11)9-5(4(2)10)7(12)13/h3-5,10H,8H2,1-2H3,(H,9,11)(H,12,13)/t3-,4+,5+/m1/s1. The van der Waals surface area contributed by atoms with Crippen LogP contribution in [0.2, 0.25) is 0 Å². The summed E-state index contributed by atoms with van der Waals surface area (Å²) in [5.41, 5.74) is 5.20. The van der Waals surface area contributed by atoms with Crippen molar-refractivity contribution in [2.75, 3.05) is 0 Å². The Balaban J connectivity index is 4.27. The number of aliphatic carboxylic acids is 1. The van der Waals surface area contributed by atoms with Crippen molar-refractivity contribution < 1.29 is 19.8 Å². The minimum Gasteiger partial charge on any atom is -0.480 e. The molecule has 0 aliphatic carbocycles.